The number of anilines is 1. The third-order valence-corrected chi connectivity index (χ3v) is 3.30. The van der Waals surface area contributed by atoms with Gasteiger partial charge >= 0.3 is 0 Å². The van der Waals surface area contributed by atoms with E-state index in [-0.39, 0.29) is 11.7 Å². The van der Waals surface area contributed by atoms with E-state index in [4.69, 9.17) is 0 Å². The number of hydrogen-bond donors (Lipinski definition) is 3. The Labute approximate surface area is 121 Å². The Morgan fingerprint density at radius 3 is 2.81 bits per heavy atom. The number of benzene rings is 2. The smallest absolute Gasteiger partial charge is 0.224 e. The van der Waals surface area contributed by atoms with Crippen LogP contribution < -0.4 is 5.32 Å². The van der Waals surface area contributed by atoms with Crippen LogP contribution in [0.3, 0.4) is 0 Å². The van der Waals surface area contributed by atoms with Gasteiger partial charge in [0.05, 0.1) is 11.7 Å². The van der Waals surface area contributed by atoms with Gasteiger partial charge in [-0.2, -0.15) is 5.10 Å². The number of phenolic OH excluding ortho intramolecular Hbond substituents is 1. The SMILES string of the molecule is O=C(CCc1ccc(O)cc1)Nc1ccc2[nH]ncc2c1. The molecule has 0 atom stereocenters. The lowest BCUT2D eigenvalue weighted by atomic mass is 10.1. The van der Waals surface area contributed by atoms with Crippen LogP contribution in [0.4, 0.5) is 5.69 Å². The molecule has 5 heteroatoms. The van der Waals surface area contributed by atoms with E-state index in [0.29, 0.717) is 12.8 Å². The van der Waals surface area contributed by atoms with E-state index in [1.165, 1.54) is 0 Å². The highest BCUT2D eigenvalue weighted by Crippen LogP contribution is 2.17. The number of amides is 1. The van der Waals surface area contributed by atoms with Crippen LogP contribution in [-0.4, -0.2) is 21.2 Å². The zero-order valence-electron chi connectivity index (χ0n) is 11.3. The maximum absolute atomic E-state index is 11.9. The molecule has 3 N–H and O–H groups in total. The number of H-pyrrole nitrogens is 1. The molecule has 3 aromatic rings. The molecule has 1 amide bonds. The number of aromatic amines is 1. The number of hydrogen-bond acceptors (Lipinski definition) is 3. The van der Waals surface area contributed by atoms with Gasteiger partial charge in [-0.05, 0) is 42.3 Å². The number of carbonyl (C=O) groups excluding carboxylic acids is 1. The van der Waals surface area contributed by atoms with E-state index in [0.717, 1.165) is 22.2 Å². The standard InChI is InChI=1S/C16H15N3O2/c20-14-5-1-11(2-6-14)3-8-16(21)18-13-4-7-15-12(9-13)10-17-19-15/h1-2,4-7,9-10,20H,3,8H2,(H,17,19)(H,18,21). The largest absolute Gasteiger partial charge is 0.508 e. The van der Waals surface area contributed by atoms with Crippen LogP contribution in [0.15, 0.2) is 48.7 Å². The van der Waals surface area contributed by atoms with Crippen LogP contribution in [0.25, 0.3) is 10.9 Å². The monoisotopic (exact) mass is 281 g/mol. The van der Waals surface area contributed by atoms with E-state index >= 15 is 0 Å². The van der Waals surface area contributed by atoms with Crippen molar-refractivity contribution in [3.63, 3.8) is 0 Å². The lowest BCUT2D eigenvalue weighted by Gasteiger charge is -2.05. The first-order valence-electron chi connectivity index (χ1n) is 6.71. The van der Waals surface area contributed by atoms with Crippen molar-refractivity contribution in [1.29, 1.82) is 0 Å². The Morgan fingerprint density at radius 2 is 2.00 bits per heavy atom. The number of aromatic nitrogens is 2. The molecule has 0 spiro atoms. The molecule has 1 heterocycles. The van der Waals surface area contributed by atoms with Crippen molar-refractivity contribution in [2.45, 2.75) is 12.8 Å². The number of phenols is 1. The molecule has 0 aliphatic rings. The Kier molecular flexibility index (Phi) is 3.55. The van der Waals surface area contributed by atoms with Crippen LogP contribution >= 0.6 is 0 Å². The molecule has 0 aliphatic carbocycles. The highest BCUT2D eigenvalue weighted by atomic mass is 16.3. The van der Waals surface area contributed by atoms with Gasteiger partial charge in [-0.15, -0.1) is 0 Å². The minimum absolute atomic E-state index is 0.0362. The van der Waals surface area contributed by atoms with Gasteiger partial charge in [0.2, 0.25) is 5.91 Å². The van der Waals surface area contributed by atoms with Gasteiger partial charge < -0.3 is 10.4 Å². The lowest BCUT2D eigenvalue weighted by molar-refractivity contribution is -0.116. The lowest BCUT2D eigenvalue weighted by Crippen LogP contribution is -2.12. The Balaban J connectivity index is 1.59. The number of aryl methyl sites for hydroxylation is 1. The van der Waals surface area contributed by atoms with E-state index in [9.17, 15) is 9.90 Å². The Bertz CT molecular complexity index is 763. The van der Waals surface area contributed by atoms with Crippen LogP contribution in [0, 0.1) is 0 Å². The summed E-state index contributed by atoms with van der Waals surface area (Å²) in [4.78, 5) is 11.9. The van der Waals surface area contributed by atoms with Gasteiger partial charge in [-0.25, -0.2) is 0 Å². The molecule has 0 aliphatic heterocycles. The first-order valence-corrected chi connectivity index (χ1v) is 6.71. The molecular formula is C16H15N3O2. The summed E-state index contributed by atoms with van der Waals surface area (Å²) >= 11 is 0. The maximum atomic E-state index is 11.9. The highest BCUT2D eigenvalue weighted by molar-refractivity contribution is 5.93. The van der Waals surface area contributed by atoms with E-state index in [2.05, 4.69) is 15.5 Å². The number of carbonyl (C=O) groups is 1. The first-order chi connectivity index (χ1) is 10.2. The molecule has 5 nitrogen and oxygen atoms in total. The molecule has 0 bridgehead atoms. The van der Waals surface area contributed by atoms with Crippen LogP contribution in [-0.2, 0) is 11.2 Å². The number of aromatic hydroxyl groups is 1. The number of fused-ring (bicyclic) bond motifs is 1. The van der Waals surface area contributed by atoms with E-state index in [1.807, 2.05) is 30.3 Å². The van der Waals surface area contributed by atoms with Crippen molar-refractivity contribution in [3.8, 4) is 5.75 Å². The first kappa shape index (κ1) is 13.2. The second kappa shape index (κ2) is 5.66. The fraction of sp³-hybridized carbons (Fsp3) is 0.125. The van der Waals surface area contributed by atoms with Crippen molar-refractivity contribution in [2.24, 2.45) is 0 Å². The van der Waals surface area contributed by atoms with Gasteiger partial charge in [-0.3, -0.25) is 9.89 Å². The number of nitrogens with zero attached hydrogens (tertiary/aromatic N) is 1. The molecule has 3 rings (SSSR count). The van der Waals surface area contributed by atoms with Gasteiger partial charge in [-0.1, -0.05) is 12.1 Å². The molecule has 2 aromatic carbocycles. The van der Waals surface area contributed by atoms with Gasteiger partial charge in [0.15, 0.2) is 0 Å². The van der Waals surface area contributed by atoms with Gasteiger partial charge in [0.1, 0.15) is 5.75 Å². The number of nitrogens with one attached hydrogen (secondary N) is 2. The molecule has 1 aromatic heterocycles. The molecule has 106 valence electrons. The van der Waals surface area contributed by atoms with Crippen molar-refractivity contribution in [1.82, 2.24) is 10.2 Å². The molecule has 0 radical (unpaired) electrons. The van der Waals surface area contributed by atoms with Crippen molar-refractivity contribution < 1.29 is 9.90 Å². The zero-order chi connectivity index (χ0) is 14.7. The maximum Gasteiger partial charge on any atom is 0.224 e. The second-order valence-corrected chi connectivity index (χ2v) is 4.89. The van der Waals surface area contributed by atoms with E-state index < -0.39 is 0 Å². The van der Waals surface area contributed by atoms with Crippen molar-refractivity contribution >= 4 is 22.5 Å². The minimum atomic E-state index is -0.0362. The third kappa shape index (κ3) is 3.20. The number of rotatable bonds is 4. The summed E-state index contributed by atoms with van der Waals surface area (Å²) < 4.78 is 0. The summed E-state index contributed by atoms with van der Waals surface area (Å²) in [5.41, 5.74) is 2.73. The quantitative estimate of drug-likeness (QED) is 0.688. The topological polar surface area (TPSA) is 78.0 Å². The van der Waals surface area contributed by atoms with E-state index in [1.54, 1.807) is 18.3 Å². The summed E-state index contributed by atoms with van der Waals surface area (Å²) in [6.45, 7) is 0. The second-order valence-electron chi connectivity index (χ2n) is 4.89. The average Bonchev–Trinajstić information content (AvgIpc) is 2.94. The molecule has 0 unspecified atom stereocenters. The fourth-order valence-corrected chi connectivity index (χ4v) is 2.16. The minimum Gasteiger partial charge on any atom is -0.508 e. The van der Waals surface area contributed by atoms with Crippen molar-refractivity contribution in [2.75, 3.05) is 5.32 Å². The molecule has 0 saturated carbocycles. The zero-order valence-corrected chi connectivity index (χ0v) is 11.3. The normalized spacial score (nSPS) is 10.7. The van der Waals surface area contributed by atoms with Crippen LogP contribution in [0.1, 0.15) is 12.0 Å². The highest BCUT2D eigenvalue weighted by Gasteiger charge is 2.05. The van der Waals surface area contributed by atoms with Gasteiger partial charge in [0.25, 0.3) is 0 Å². The molecule has 0 fully saturated rings. The fourth-order valence-electron chi connectivity index (χ4n) is 2.16. The summed E-state index contributed by atoms with van der Waals surface area (Å²) in [7, 11) is 0. The molecular weight excluding hydrogens is 266 g/mol. The van der Waals surface area contributed by atoms with Crippen molar-refractivity contribution in [3.05, 3.63) is 54.2 Å². The summed E-state index contributed by atoms with van der Waals surface area (Å²) in [5.74, 6) is 0.197. The summed E-state index contributed by atoms with van der Waals surface area (Å²) in [6, 6.07) is 12.5. The van der Waals surface area contributed by atoms with Crippen LogP contribution in [0.5, 0.6) is 5.75 Å². The molecule has 0 saturated heterocycles. The Hall–Kier alpha value is -2.82. The third-order valence-electron chi connectivity index (χ3n) is 3.30. The predicted molar refractivity (Wildman–Crippen MR) is 81.2 cm³/mol. The molecule has 21 heavy (non-hydrogen) atoms. The predicted octanol–water partition coefficient (Wildman–Crippen LogP) is 2.84. The van der Waals surface area contributed by atoms with Crippen LogP contribution in [0.2, 0.25) is 0 Å². The Morgan fingerprint density at radius 1 is 1.19 bits per heavy atom. The summed E-state index contributed by atoms with van der Waals surface area (Å²) in [5, 5.41) is 19.9. The van der Waals surface area contributed by atoms with Gasteiger partial charge in [0, 0.05) is 17.5 Å². The average molecular weight is 281 g/mol. The summed E-state index contributed by atoms with van der Waals surface area (Å²) in [6.07, 6.45) is 2.76.